The average molecular weight is 495 g/mol. The topological polar surface area (TPSA) is 99.7 Å². The van der Waals surface area contributed by atoms with Gasteiger partial charge in [0.2, 0.25) is 0 Å². The van der Waals surface area contributed by atoms with Crippen LogP contribution in [0.15, 0.2) is 12.4 Å². The molecule has 0 aromatic carbocycles. The third kappa shape index (κ3) is 4.57. The van der Waals surface area contributed by atoms with Crippen molar-refractivity contribution in [3.8, 4) is 0 Å². The molecular weight excluding hydrogens is 459 g/mol. The number of ether oxygens (including phenoxy) is 1. The minimum atomic E-state index is -2.87. The second-order valence-electron chi connectivity index (χ2n) is 11.0. The van der Waals surface area contributed by atoms with E-state index in [-0.39, 0.29) is 41.5 Å². The SMILES string of the molecule is CC1(OC2CC3C(CC2F)NNC3c2cc(N3CCN(C4CCS(=O)(=O)C4)CC3)ncn2)CC1. The first-order chi connectivity index (χ1) is 16.3. The second-order valence-corrected chi connectivity index (χ2v) is 13.2. The van der Waals surface area contributed by atoms with E-state index in [1.807, 2.05) is 0 Å². The van der Waals surface area contributed by atoms with Crippen molar-refractivity contribution in [3.05, 3.63) is 18.1 Å². The van der Waals surface area contributed by atoms with E-state index in [1.165, 1.54) is 0 Å². The first kappa shape index (κ1) is 23.0. The Morgan fingerprint density at radius 1 is 1.15 bits per heavy atom. The van der Waals surface area contributed by atoms with Gasteiger partial charge >= 0.3 is 0 Å². The van der Waals surface area contributed by atoms with Crippen molar-refractivity contribution in [1.82, 2.24) is 25.7 Å². The van der Waals surface area contributed by atoms with E-state index in [0.717, 1.165) is 57.0 Å². The molecule has 9 nitrogen and oxygen atoms in total. The number of rotatable bonds is 5. The molecule has 6 rings (SSSR count). The number of aromatic nitrogens is 2. The highest BCUT2D eigenvalue weighted by Gasteiger charge is 2.50. The van der Waals surface area contributed by atoms with Gasteiger partial charge in [0.15, 0.2) is 9.84 Å². The van der Waals surface area contributed by atoms with E-state index in [4.69, 9.17) is 4.74 Å². The summed E-state index contributed by atoms with van der Waals surface area (Å²) in [5.74, 6) is 1.71. The highest BCUT2D eigenvalue weighted by molar-refractivity contribution is 7.91. The lowest BCUT2D eigenvalue weighted by molar-refractivity contribution is -0.0886. The molecule has 0 bridgehead atoms. The fourth-order valence-corrected chi connectivity index (χ4v) is 7.91. The fourth-order valence-electron chi connectivity index (χ4n) is 6.15. The van der Waals surface area contributed by atoms with Crippen LogP contribution in [-0.4, -0.2) is 90.9 Å². The van der Waals surface area contributed by atoms with E-state index in [2.05, 4.69) is 43.6 Å². The molecule has 3 aliphatic heterocycles. The summed E-state index contributed by atoms with van der Waals surface area (Å²) in [7, 11) is -2.87. The van der Waals surface area contributed by atoms with E-state index in [0.29, 0.717) is 18.6 Å². The Kier molecular flexibility index (Phi) is 5.84. The predicted octanol–water partition coefficient (Wildman–Crippen LogP) is 0.989. The Labute approximate surface area is 200 Å². The maximum Gasteiger partial charge on any atom is 0.151 e. The summed E-state index contributed by atoms with van der Waals surface area (Å²) in [6.07, 6.45) is 4.22. The van der Waals surface area contributed by atoms with Crippen molar-refractivity contribution < 1.29 is 17.5 Å². The van der Waals surface area contributed by atoms with E-state index in [9.17, 15) is 12.8 Å². The molecule has 188 valence electrons. The van der Waals surface area contributed by atoms with Crippen LogP contribution in [0.4, 0.5) is 10.2 Å². The normalized spacial score (nSPS) is 39.2. The van der Waals surface area contributed by atoms with E-state index in [1.54, 1.807) is 6.33 Å². The molecule has 6 atom stereocenters. The van der Waals surface area contributed by atoms with Gasteiger partial charge < -0.3 is 9.64 Å². The number of anilines is 1. The smallest absolute Gasteiger partial charge is 0.151 e. The lowest BCUT2D eigenvalue weighted by Gasteiger charge is -2.38. The standard InChI is InChI=1S/C23H35FN6O3S/c1-23(3-4-23)33-20-10-16-18(11-17(20)24)27-28-22(16)19-12-21(26-14-25-19)30-7-5-29(6-8-30)15-2-9-34(31,32)13-15/h12,14-18,20,22,27-28H,2-11,13H2,1H3. The van der Waals surface area contributed by atoms with Gasteiger partial charge in [0.05, 0.1) is 34.9 Å². The van der Waals surface area contributed by atoms with Gasteiger partial charge in [-0.2, -0.15) is 0 Å². The van der Waals surface area contributed by atoms with Gasteiger partial charge in [0.25, 0.3) is 0 Å². The number of sulfone groups is 1. The Morgan fingerprint density at radius 3 is 2.65 bits per heavy atom. The summed E-state index contributed by atoms with van der Waals surface area (Å²) in [4.78, 5) is 13.7. The van der Waals surface area contributed by atoms with Crippen LogP contribution >= 0.6 is 0 Å². The molecule has 11 heteroatoms. The van der Waals surface area contributed by atoms with Gasteiger partial charge in [-0.1, -0.05) is 0 Å². The first-order valence-electron chi connectivity index (χ1n) is 12.6. The summed E-state index contributed by atoms with van der Waals surface area (Å²) in [6, 6.07) is 2.26. The number of nitrogens with zero attached hydrogens (tertiary/aromatic N) is 4. The molecule has 3 saturated heterocycles. The van der Waals surface area contributed by atoms with Crippen LogP contribution in [0.2, 0.25) is 0 Å². The number of hydrazine groups is 1. The summed E-state index contributed by atoms with van der Waals surface area (Å²) < 4.78 is 44.7. The number of piperazine rings is 1. The molecule has 0 spiro atoms. The number of nitrogens with one attached hydrogen (secondary N) is 2. The molecule has 1 aromatic heterocycles. The summed E-state index contributed by atoms with van der Waals surface area (Å²) in [5.41, 5.74) is 7.46. The number of alkyl halides is 1. The number of halogens is 1. The maximum absolute atomic E-state index is 14.8. The Balaban J connectivity index is 1.11. The highest BCUT2D eigenvalue weighted by atomic mass is 32.2. The second kappa shape index (κ2) is 8.62. The molecular formula is C23H35FN6O3S. The van der Waals surface area contributed by atoms with Crippen LogP contribution in [0.5, 0.6) is 0 Å². The van der Waals surface area contributed by atoms with Crippen LogP contribution in [0.1, 0.15) is 50.8 Å². The lowest BCUT2D eigenvalue weighted by Crippen LogP contribution is -2.51. The van der Waals surface area contributed by atoms with Crippen molar-refractivity contribution in [1.29, 1.82) is 0 Å². The predicted molar refractivity (Wildman–Crippen MR) is 126 cm³/mol. The zero-order chi connectivity index (χ0) is 23.5. The number of fused-ring (bicyclic) bond motifs is 1. The zero-order valence-electron chi connectivity index (χ0n) is 19.7. The molecule has 5 aliphatic rings. The number of hydrogen-bond acceptors (Lipinski definition) is 9. The molecule has 2 N–H and O–H groups in total. The van der Waals surface area contributed by atoms with Gasteiger partial charge in [-0.05, 0) is 39.0 Å². The van der Waals surface area contributed by atoms with Gasteiger partial charge in [-0.3, -0.25) is 10.3 Å². The van der Waals surface area contributed by atoms with Crippen molar-refractivity contribution in [2.24, 2.45) is 5.92 Å². The lowest BCUT2D eigenvalue weighted by atomic mass is 9.78. The molecule has 0 radical (unpaired) electrons. The molecule has 2 aliphatic carbocycles. The highest BCUT2D eigenvalue weighted by Crippen LogP contribution is 2.45. The molecule has 2 saturated carbocycles. The number of hydrogen-bond donors (Lipinski definition) is 2. The zero-order valence-corrected chi connectivity index (χ0v) is 20.5. The van der Waals surface area contributed by atoms with Crippen LogP contribution in [0, 0.1) is 5.92 Å². The Hall–Kier alpha value is -1.40. The van der Waals surface area contributed by atoms with Crippen LogP contribution in [0.3, 0.4) is 0 Å². The minimum Gasteiger partial charge on any atom is -0.369 e. The van der Waals surface area contributed by atoms with Gasteiger partial charge in [0.1, 0.15) is 18.3 Å². The fraction of sp³-hybridized carbons (Fsp3) is 0.826. The Bertz CT molecular complexity index is 1020. The third-order valence-electron chi connectivity index (χ3n) is 8.50. The minimum absolute atomic E-state index is 0.0117. The maximum atomic E-state index is 14.8. The van der Waals surface area contributed by atoms with E-state index < -0.39 is 16.0 Å². The van der Waals surface area contributed by atoms with E-state index >= 15 is 0 Å². The molecule has 4 heterocycles. The van der Waals surface area contributed by atoms with Crippen molar-refractivity contribution >= 4 is 15.7 Å². The summed E-state index contributed by atoms with van der Waals surface area (Å²) in [6.45, 7) is 5.38. The van der Waals surface area contributed by atoms with Gasteiger partial charge in [-0.15, -0.1) is 0 Å². The largest absolute Gasteiger partial charge is 0.369 e. The van der Waals surface area contributed by atoms with Gasteiger partial charge in [-0.25, -0.2) is 28.2 Å². The van der Waals surface area contributed by atoms with Gasteiger partial charge in [0, 0.05) is 50.2 Å². The molecule has 5 fully saturated rings. The summed E-state index contributed by atoms with van der Waals surface area (Å²) in [5, 5.41) is 0. The first-order valence-corrected chi connectivity index (χ1v) is 14.5. The monoisotopic (exact) mass is 494 g/mol. The summed E-state index contributed by atoms with van der Waals surface area (Å²) >= 11 is 0. The average Bonchev–Trinajstić information content (AvgIpc) is 3.23. The van der Waals surface area contributed by atoms with Crippen molar-refractivity contribution in [2.45, 2.75) is 75.0 Å². The van der Waals surface area contributed by atoms with Crippen LogP contribution in [-0.2, 0) is 14.6 Å². The molecule has 0 amide bonds. The molecule has 6 unspecified atom stereocenters. The quantitative estimate of drug-likeness (QED) is 0.621. The molecule has 1 aromatic rings. The van der Waals surface area contributed by atoms with Crippen molar-refractivity contribution in [3.63, 3.8) is 0 Å². The van der Waals surface area contributed by atoms with Crippen LogP contribution in [0.25, 0.3) is 0 Å². The Morgan fingerprint density at radius 2 is 1.94 bits per heavy atom. The third-order valence-corrected chi connectivity index (χ3v) is 10.3. The molecule has 34 heavy (non-hydrogen) atoms. The van der Waals surface area contributed by atoms with Crippen molar-refractivity contribution in [2.75, 3.05) is 42.6 Å². The van der Waals surface area contributed by atoms with Crippen LogP contribution < -0.4 is 15.8 Å².